The predicted molar refractivity (Wildman–Crippen MR) is 74.2 cm³/mol. The highest BCUT2D eigenvalue weighted by atomic mass is 32.2. The Morgan fingerprint density at radius 3 is 2.68 bits per heavy atom. The fourth-order valence-corrected chi connectivity index (χ4v) is 4.10. The molecule has 1 aromatic rings. The van der Waals surface area contributed by atoms with Crippen molar-refractivity contribution in [3.8, 4) is 0 Å². The van der Waals surface area contributed by atoms with E-state index in [0.717, 1.165) is 12.0 Å². The molecule has 1 aromatic carbocycles. The number of nitrogens with zero attached hydrogens (tertiary/aromatic N) is 1. The van der Waals surface area contributed by atoms with Crippen LogP contribution in [0.3, 0.4) is 0 Å². The van der Waals surface area contributed by atoms with Crippen molar-refractivity contribution in [2.45, 2.75) is 31.8 Å². The molecule has 5 heteroatoms. The second-order valence-electron chi connectivity index (χ2n) is 4.88. The van der Waals surface area contributed by atoms with E-state index >= 15 is 0 Å². The van der Waals surface area contributed by atoms with Gasteiger partial charge in [0.1, 0.15) is 0 Å². The Labute approximate surface area is 114 Å². The molecule has 1 aliphatic rings. The fraction of sp³-hybridized carbons (Fsp3) is 0.429. The summed E-state index contributed by atoms with van der Waals surface area (Å²) in [6.07, 6.45) is 2.83. The molecule has 0 radical (unpaired) electrons. The van der Waals surface area contributed by atoms with E-state index in [1.54, 1.807) is 25.1 Å². The van der Waals surface area contributed by atoms with E-state index in [1.807, 2.05) is 6.92 Å². The number of aliphatic hydroxyl groups excluding tert-OH is 1. The average Bonchev–Trinajstić information content (AvgIpc) is 2.38. The summed E-state index contributed by atoms with van der Waals surface area (Å²) in [5.41, 5.74) is 2.37. The summed E-state index contributed by atoms with van der Waals surface area (Å²) in [6.45, 7) is 4.51. The van der Waals surface area contributed by atoms with Gasteiger partial charge in [0.05, 0.1) is 11.5 Å². The lowest BCUT2D eigenvalue weighted by Crippen LogP contribution is -2.35. The van der Waals surface area contributed by atoms with Crippen molar-refractivity contribution in [3.63, 3.8) is 0 Å². The standard InChI is InChI=1S/C14H19NO3S/c1-11-5-4-8-15(9-11)19(17,18)14-7-3-6-13(10-16)12(14)2/h3,5-7,16H,4,8-10H2,1-2H3. The third-order valence-electron chi connectivity index (χ3n) is 3.48. The Morgan fingerprint density at radius 1 is 1.32 bits per heavy atom. The van der Waals surface area contributed by atoms with Crippen LogP contribution in [0.25, 0.3) is 0 Å². The first kappa shape index (κ1) is 14.2. The van der Waals surface area contributed by atoms with Crippen LogP contribution in [0.15, 0.2) is 34.7 Å². The van der Waals surface area contributed by atoms with Gasteiger partial charge in [0.25, 0.3) is 0 Å². The van der Waals surface area contributed by atoms with Gasteiger partial charge in [-0.25, -0.2) is 8.42 Å². The van der Waals surface area contributed by atoms with Crippen LogP contribution < -0.4 is 0 Å². The molecule has 1 aliphatic heterocycles. The SMILES string of the molecule is CC1=CCCN(S(=O)(=O)c2cccc(CO)c2C)C1. The second-order valence-corrected chi connectivity index (χ2v) is 6.78. The van der Waals surface area contributed by atoms with Gasteiger partial charge >= 0.3 is 0 Å². The molecule has 1 heterocycles. The zero-order valence-electron chi connectivity index (χ0n) is 11.3. The van der Waals surface area contributed by atoms with Crippen molar-refractivity contribution >= 4 is 10.0 Å². The summed E-state index contributed by atoms with van der Waals surface area (Å²) in [5, 5.41) is 9.24. The maximum atomic E-state index is 12.6. The van der Waals surface area contributed by atoms with Gasteiger partial charge in [0, 0.05) is 13.1 Å². The molecule has 19 heavy (non-hydrogen) atoms. The van der Waals surface area contributed by atoms with Crippen LogP contribution >= 0.6 is 0 Å². The van der Waals surface area contributed by atoms with Crippen LogP contribution in [0.4, 0.5) is 0 Å². The topological polar surface area (TPSA) is 57.6 Å². The normalized spacial score (nSPS) is 17.3. The Kier molecular flexibility index (Phi) is 4.08. The van der Waals surface area contributed by atoms with Crippen LogP contribution in [0, 0.1) is 6.92 Å². The molecule has 0 spiro atoms. The first-order valence-electron chi connectivity index (χ1n) is 6.32. The van der Waals surface area contributed by atoms with Gasteiger partial charge in [0.15, 0.2) is 0 Å². The molecule has 104 valence electrons. The maximum Gasteiger partial charge on any atom is 0.243 e. The Bertz CT molecular complexity index is 605. The summed E-state index contributed by atoms with van der Waals surface area (Å²) in [6, 6.07) is 5.03. The molecular formula is C14H19NO3S. The van der Waals surface area contributed by atoms with Crippen molar-refractivity contribution in [1.29, 1.82) is 0 Å². The summed E-state index contributed by atoms with van der Waals surface area (Å²) in [4.78, 5) is 0.300. The molecule has 0 saturated carbocycles. The van der Waals surface area contributed by atoms with Crippen LogP contribution in [-0.2, 0) is 16.6 Å². The summed E-state index contributed by atoms with van der Waals surface area (Å²) < 4.78 is 26.8. The zero-order valence-corrected chi connectivity index (χ0v) is 12.1. The molecule has 0 saturated heterocycles. The lowest BCUT2D eigenvalue weighted by atomic mass is 10.1. The Hall–Kier alpha value is -1.17. The van der Waals surface area contributed by atoms with Crippen LogP contribution in [0.5, 0.6) is 0 Å². The third kappa shape index (κ3) is 2.73. The third-order valence-corrected chi connectivity index (χ3v) is 5.47. The molecule has 2 rings (SSSR count). The van der Waals surface area contributed by atoms with E-state index in [2.05, 4.69) is 6.08 Å². The summed E-state index contributed by atoms with van der Waals surface area (Å²) >= 11 is 0. The minimum Gasteiger partial charge on any atom is -0.392 e. The number of benzene rings is 1. The van der Waals surface area contributed by atoms with Gasteiger partial charge in [0.2, 0.25) is 10.0 Å². The smallest absolute Gasteiger partial charge is 0.243 e. The van der Waals surface area contributed by atoms with E-state index < -0.39 is 10.0 Å². The zero-order chi connectivity index (χ0) is 14.0. The highest BCUT2D eigenvalue weighted by Crippen LogP contribution is 2.25. The molecule has 0 aliphatic carbocycles. The lowest BCUT2D eigenvalue weighted by molar-refractivity contribution is 0.280. The molecule has 1 N–H and O–H groups in total. The highest BCUT2D eigenvalue weighted by Gasteiger charge is 2.27. The van der Waals surface area contributed by atoms with Crippen LogP contribution in [0.1, 0.15) is 24.5 Å². The van der Waals surface area contributed by atoms with Crippen LogP contribution in [0.2, 0.25) is 0 Å². The maximum absolute atomic E-state index is 12.6. The first-order chi connectivity index (χ1) is 8.96. The van der Waals surface area contributed by atoms with E-state index in [4.69, 9.17) is 0 Å². The number of hydrogen-bond acceptors (Lipinski definition) is 3. The molecule has 0 amide bonds. The average molecular weight is 281 g/mol. The number of aliphatic hydroxyl groups is 1. The van der Waals surface area contributed by atoms with Crippen LogP contribution in [-0.4, -0.2) is 30.9 Å². The Morgan fingerprint density at radius 2 is 2.05 bits per heavy atom. The second kappa shape index (κ2) is 5.45. The summed E-state index contributed by atoms with van der Waals surface area (Å²) in [5.74, 6) is 0. The molecular weight excluding hydrogens is 262 g/mol. The minimum absolute atomic E-state index is 0.145. The number of hydrogen-bond donors (Lipinski definition) is 1. The largest absolute Gasteiger partial charge is 0.392 e. The highest BCUT2D eigenvalue weighted by molar-refractivity contribution is 7.89. The van der Waals surface area contributed by atoms with Crippen molar-refractivity contribution in [2.24, 2.45) is 0 Å². The molecule has 0 fully saturated rings. The van der Waals surface area contributed by atoms with Crippen molar-refractivity contribution < 1.29 is 13.5 Å². The van der Waals surface area contributed by atoms with Crippen molar-refractivity contribution in [2.75, 3.05) is 13.1 Å². The number of sulfonamides is 1. The fourth-order valence-electron chi connectivity index (χ4n) is 2.33. The van der Waals surface area contributed by atoms with Gasteiger partial charge < -0.3 is 5.11 Å². The first-order valence-corrected chi connectivity index (χ1v) is 7.76. The van der Waals surface area contributed by atoms with Gasteiger partial charge in [-0.3, -0.25) is 0 Å². The molecule has 0 bridgehead atoms. The van der Waals surface area contributed by atoms with Gasteiger partial charge in [-0.1, -0.05) is 23.8 Å². The van der Waals surface area contributed by atoms with Gasteiger partial charge in [-0.2, -0.15) is 4.31 Å². The quantitative estimate of drug-likeness (QED) is 0.860. The van der Waals surface area contributed by atoms with E-state index in [-0.39, 0.29) is 6.61 Å². The van der Waals surface area contributed by atoms with E-state index in [9.17, 15) is 13.5 Å². The Balaban J connectivity index is 2.43. The van der Waals surface area contributed by atoms with Crippen molar-refractivity contribution in [3.05, 3.63) is 41.0 Å². The molecule has 0 atom stereocenters. The van der Waals surface area contributed by atoms with Gasteiger partial charge in [-0.05, 0) is 37.5 Å². The summed E-state index contributed by atoms with van der Waals surface area (Å²) in [7, 11) is -3.48. The molecule has 0 unspecified atom stereocenters. The minimum atomic E-state index is -3.48. The van der Waals surface area contributed by atoms with E-state index in [0.29, 0.717) is 29.1 Å². The monoisotopic (exact) mass is 281 g/mol. The number of rotatable bonds is 3. The van der Waals surface area contributed by atoms with Gasteiger partial charge in [-0.15, -0.1) is 0 Å². The van der Waals surface area contributed by atoms with E-state index in [1.165, 1.54) is 4.31 Å². The lowest BCUT2D eigenvalue weighted by Gasteiger charge is -2.26. The van der Waals surface area contributed by atoms with Crippen molar-refractivity contribution in [1.82, 2.24) is 4.31 Å². The molecule has 0 aromatic heterocycles. The molecule has 4 nitrogen and oxygen atoms in total. The predicted octanol–water partition coefficient (Wildman–Crippen LogP) is 1.83.